The van der Waals surface area contributed by atoms with Gasteiger partial charge in [0.25, 0.3) is 0 Å². The number of carbonyl (C=O) groups is 1. The first-order valence-electron chi connectivity index (χ1n) is 7.11. The van der Waals surface area contributed by atoms with Crippen LogP contribution in [0.3, 0.4) is 0 Å². The standard InChI is InChI=1S/C17H21N3O/c1-12(19-13(2)17-9-4-5-10-18-17)15-7-6-8-16(11-15)20-14(3)21/h4-13,19H,1-3H3,(H,20,21)/t12?,13-/m1/s1. The summed E-state index contributed by atoms with van der Waals surface area (Å²) in [5.74, 6) is -0.0605. The summed E-state index contributed by atoms with van der Waals surface area (Å²) in [5.41, 5.74) is 2.96. The minimum Gasteiger partial charge on any atom is -0.326 e. The molecule has 0 saturated heterocycles. The van der Waals surface area contributed by atoms with Gasteiger partial charge in [0.1, 0.15) is 0 Å². The second kappa shape index (κ2) is 6.99. The number of hydrogen-bond acceptors (Lipinski definition) is 3. The van der Waals surface area contributed by atoms with Crippen LogP contribution in [0.1, 0.15) is 44.1 Å². The van der Waals surface area contributed by atoms with Crippen LogP contribution in [-0.4, -0.2) is 10.9 Å². The van der Waals surface area contributed by atoms with E-state index in [4.69, 9.17) is 0 Å². The van der Waals surface area contributed by atoms with Gasteiger partial charge >= 0.3 is 0 Å². The maximum Gasteiger partial charge on any atom is 0.221 e. The van der Waals surface area contributed by atoms with E-state index in [2.05, 4.69) is 29.5 Å². The van der Waals surface area contributed by atoms with E-state index in [1.165, 1.54) is 6.92 Å². The molecule has 1 amide bonds. The van der Waals surface area contributed by atoms with E-state index in [0.29, 0.717) is 0 Å². The Hall–Kier alpha value is -2.20. The van der Waals surface area contributed by atoms with E-state index in [0.717, 1.165) is 16.9 Å². The molecule has 2 atom stereocenters. The van der Waals surface area contributed by atoms with Gasteiger partial charge < -0.3 is 10.6 Å². The average Bonchev–Trinajstić information content (AvgIpc) is 2.47. The lowest BCUT2D eigenvalue weighted by molar-refractivity contribution is -0.114. The minimum atomic E-state index is -0.0605. The number of hydrogen-bond donors (Lipinski definition) is 2. The Morgan fingerprint density at radius 1 is 1.10 bits per heavy atom. The van der Waals surface area contributed by atoms with Gasteiger partial charge in [-0.2, -0.15) is 0 Å². The lowest BCUT2D eigenvalue weighted by Gasteiger charge is -2.20. The number of nitrogens with zero attached hydrogens (tertiary/aromatic N) is 1. The number of rotatable bonds is 5. The van der Waals surface area contributed by atoms with Crippen molar-refractivity contribution in [3.8, 4) is 0 Å². The zero-order valence-corrected chi connectivity index (χ0v) is 12.6. The van der Waals surface area contributed by atoms with E-state index in [1.807, 2.05) is 42.5 Å². The van der Waals surface area contributed by atoms with Crippen LogP contribution in [-0.2, 0) is 4.79 Å². The van der Waals surface area contributed by atoms with Crippen molar-refractivity contribution in [1.82, 2.24) is 10.3 Å². The molecule has 1 aromatic carbocycles. The predicted octanol–water partition coefficient (Wildman–Crippen LogP) is 3.45. The van der Waals surface area contributed by atoms with E-state index in [1.54, 1.807) is 6.20 Å². The third-order valence-corrected chi connectivity index (χ3v) is 3.34. The number of pyridine rings is 1. The molecule has 0 aliphatic heterocycles. The Labute approximate surface area is 125 Å². The molecule has 2 aromatic rings. The molecule has 2 rings (SSSR count). The quantitative estimate of drug-likeness (QED) is 0.883. The molecule has 0 radical (unpaired) electrons. The van der Waals surface area contributed by atoms with E-state index in [-0.39, 0.29) is 18.0 Å². The van der Waals surface area contributed by atoms with Crippen molar-refractivity contribution in [1.29, 1.82) is 0 Å². The number of aromatic nitrogens is 1. The lowest BCUT2D eigenvalue weighted by atomic mass is 10.1. The summed E-state index contributed by atoms with van der Waals surface area (Å²) in [7, 11) is 0. The summed E-state index contributed by atoms with van der Waals surface area (Å²) in [5, 5.41) is 6.32. The molecule has 4 nitrogen and oxygen atoms in total. The monoisotopic (exact) mass is 283 g/mol. The van der Waals surface area contributed by atoms with Crippen molar-refractivity contribution in [2.45, 2.75) is 32.9 Å². The lowest BCUT2D eigenvalue weighted by Crippen LogP contribution is -2.23. The SMILES string of the molecule is CC(=O)Nc1cccc(C(C)N[C@H](C)c2ccccn2)c1. The molecule has 110 valence electrons. The first-order chi connectivity index (χ1) is 10.1. The largest absolute Gasteiger partial charge is 0.326 e. The Kier molecular flexibility index (Phi) is 5.06. The van der Waals surface area contributed by atoms with Crippen molar-refractivity contribution in [3.63, 3.8) is 0 Å². The third kappa shape index (κ3) is 4.39. The highest BCUT2D eigenvalue weighted by Gasteiger charge is 2.12. The first-order valence-corrected chi connectivity index (χ1v) is 7.11. The fraction of sp³-hybridized carbons (Fsp3) is 0.294. The highest BCUT2D eigenvalue weighted by atomic mass is 16.1. The summed E-state index contributed by atoms with van der Waals surface area (Å²) < 4.78 is 0. The van der Waals surface area contributed by atoms with Crippen LogP contribution in [0.2, 0.25) is 0 Å². The van der Waals surface area contributed by atoms with Gasteiger partial charge in [0.05, 0.1) is 5.69 Å². The molecule has 1 aromatic heterocycles. The van der Waals surface area contributed by atoms with Crippen LogP contribution in [0.25, 0.3) is 0 Å². The molecule has 4 heteroatoms. The number of anilines is 1. The normalized spacial score (nSPS) is 13.5. The Morgan fingerprint density at radius 2 is 1.90 bits per heavy atom. The Bertz CT molecular complexity index is 598. The molecular weight excluding hydrogens is 262 g/mol. The van der Waals surface area contributed by atoms with Crippen LogP contribution in [0.15, 0.2) is 48.7 Å². The van der Waals surface area contributed by atoms with Gasteiger partial charge in [-0.1, -0.05) is 18.2 Å². The van der Waals surface area contributed by atoms with Crippen LogP contribution in [0.5, 0.6) is 0 Å². The van der Waals surface area contributed by atoms with Gasteiger partial charge in [-0.3, -0.25) is 9.78 Å². The summed E-state index contributed by atoms with van der Waals surface area (Å²) in [6.07, 6.45) is 1.80. The van der Waals surface area contributed by atoms with Gasteiger partial charge in [-0.15, -0.1) is 0 Å². The maximum absolute atomic E-state index is 11.1. The maximum atomic E-state index is 11.1. The van der Waals surface area contributed by atoms with Crippen LogP contribution < -0.4 is 10.6 Å². The van der Waals surface area contributed by atoms with Gasteiger partial charge in [-0.25, -0.2) is 0 Å². The number of carbonyl (C=O) groups excluding carboxylic acids is 1. The average molecular weight is 283 g/mol. The second-order valence-electron chi connectivity index (χ2n) is 5.17. The smallest absolute Gasteiger partial charge is 0.221 e. The molecule has 0 fully saturated rings. The summed E-state index contributed by atoms with van der Waals surface area (Å²) in [6.45, 7) is 5.71. The Morgan fingerprint density at radius 3 is 2.57 bits per heavy atom. The van der Waals surface area contributed by atoms with Crippen LogP contribution >= 0.6 is 0 Å². The van der Waals surface area contributed by atoms with E-state index >= 15 is 0 Å². The molecule has 0 bridgehead atoms. The van der Waals surface area contributed by atoms with Crippen molar-refractivity contribution in [2.24, 2.45) is 0 Å². The van der Waals surface area contributed by atoms with Gasteiger partial charge in [0.15, 0.2) is 0 Å². The highest BCUT2D eigenvalue weighted by Crippen LogP contribution is 2.20. The van der Waals surface area contributed by atoms with Crippen molar-refractivity contribution >= 4 is 11.6 Å². The fourth-order valence-electron chi connectivity index (χ4n) is 2.28. The topological polar surface area (TPSA) is 54.0 Å². The number of nitrogens with one attached hydrogen (secondary N) is 2. The summed E-state index contributed by atoms with van der Waals surface area (Å²) >= 11 is 0. The number of benzene rings is 1. The summed E-state index contributed by atoms with van der Waals surface area (Å²) in [4.78, 5) is 15.5. The van der Waals surface area contributed by atoms with Gasteiger partial charge in [-0.05, 0) is 43.7 Å². The first kappa shape index (κ1) is 15.2. The third-order valence-electron chi connectivity index (χ3n) is 3.34. The molecule has 0 spiro atoms. The van der Waals surface area contributed by atoms with Crippen LogP contribution in [0, 0.1) is 0 Å². The van der Waals surface area contributed by atoms with Crippen LogP contribution in [0.4, 0.5) is 5.69 Å². The molecule has 1 unspecified atom stereocenters. The molecular formula is C17H21N3O. The molecule has 1 heterocycles. The molecule has 2 N–H and O–H groups in total. The van der Waals surface area contributed by atoms with E-state index < -0.39 is 0 Å². The predicted molar refractivity (Wildman–Crippen MR) is 84.9 cm³/mol. The Balaban J connectivity index is 2.06. The zero-order chi connectivity index (χ0) is 15.2. The van der Waals surface area contributed by atoms with Crippen molar-refractivity contribution in [2.75, 3.05) is 5.32 Å². The molecule has 21 heavy (non-hydrogen) atoms. The van der Waals surface area contributed by atoms with Crippen molar-refractivity contribution in [3.05, 3.63) is 59.9 Å². The van der Waals surface area contributed by atoms with Gasteiger partial charge in [0.2, 0.25) is 5.91 Å². The second-order valence-corrected chi connectivity index (χ2v) is 5.17. The fourth-order valence-corrected chi connectivity index (χ4v) is 2.28. The van der Waals surface area contributed by atoms with Gasteiger partial charge in [0, 0.05) is 30.9 Å². The number of amides is 1. The molecule has 0 aliphatic rings. The van der Waals surface area contributed by atoms with E-state index in [9.17, 15) is 4.79 Å². The minimum absolute atomic E-state index is 0.0605. The zero-order valence-electron chi connectivity index (χ0n) is 12.6. The summed E-state index contributed by atoms with van der Waals surface area (Å²) in [6, 6.07) is 14.1. The molecule has 0 aliphatic carbocycles. The van der Waals surface area contributed by atoms with Crippen molar-refractivity contribution < 1.29 is 4.79 Å². The highest BCUT2D eigenvalue weighted by molar-refractivity contribution is 5.88. The molecule has 0 saturated carbocycles.